The lowest BCUT2D eigenvalue weighted by molar-refractivity contribution is -0.122. The third-order valence-electron chi connectivity index (χ3n) is 9.21. The number of ether oxygens (including phenoxy) is 1. The molecule has 252 valence electrons. The van der Waals surface area contributed by atoms with Crippen LogP contribution in [0.1, 0.15) is 51.0 Å². The molecule has 0 aliphatic carbocycles. The number of hydrogen-bond acceptors (Lipinski definition) is 9. The van der Waals surface area contributed by atoms with Crippen LogP contribution in [0.5, 0.6) is 5.75 Å². The molecule has 14 heteroatoms. The molecule has 0 spiro atoms. The molecule has 4 heterocycles. The minimum atomic E-state index is -3.09. The summed E-state index contributed by atoms with van der Waals surface area (Å²) in [6.45, 7) is 0.742. The number of carbonyl (C=O) groups excluding carboxylic acids is 3. The number of rotatable bonds is 9. The molecular weight excluding hydrogens is 636 g/mol. The molecule has 3 amide bonds. The Morgan fingerprint density at radius 2 is 1.82 bits per heavy atom. The molecule has 0 radical (unpaired) electrons. The van der Waals surface area contributed by atoms with Crippen molar-refractivity contribution < 1.29 is 27.9 Å². The molecule has 1 N–H and O–H groups in total. The number of carbonyl (C=O) groups is 3. The van der Waals surface area contributed by atoms with Crippen LogP contribution in [-0.2, 0) is 18.3 Å². The number of nitrogens with zero attached hydrogens (tertiary/aromatic N) is 6. The summed E-state index contributed by atoms with van der Waals surface area (Å²) in [7, 11) is 3.07. The van der Waals surface area contributed by atoms with Crippen LogP contribution in [0.3, 0.4) is 0 Å². The molecule has 12 nitrogen and oxygen atoms in total. The van der Waals surface area contributed by atoms with Gasteiger partial charge in [0, 0.05) is 57.4 Å². The van der Waals surface area contributed by atoms with E-state index in [0.29, 0.717) is 16.7 Å². The monoisotopic (exact) mass is 669 g/mol. The predicted molar refractivity (Wildman–Crippen MR) is 175 cm³/mol. The molecule has 6 rings (SSSR count). The third kappa shape index (κ3) is 6.19. The van der Waals surface area contributed by atoms with Crippen molar-refractivity contribution in [1.82, 2.24) is 24.8 Å². The van der Waals surface area contributed by atoms with Gasteiger partial charge in [0.15, 0.2) is 12.4 Å². The Labute approximate surface area is 279 Å². The summed E-state index contributed by atoms with van der Waals surface area (Å²) in [6.07, 6.45) is 1.47. The highest BCUT2D eigenvalue weighted by Crippen LogP contribution is 2.41. The smallest absolute Gasteiger partial charge is 0.293 e. The van der Waals surface area contributed by atoms with E-state index in [1.807, 2.05) is 12.1 Å². The number of fused-ring (bicyclic) bond motifs is 2. The number of benzene rings is 2. The average molecular weight is 670 g/mol. The Bertz CT molecular complexity index is 2060. The number of nitrogens with one attached hydrogen (secondary N) is 1. The summed E-state index contributed by atoms with van der Waals surface area (Å²) in [6, 6.07) is 15.4. The largest absolute Gasteiger partial charge is 0.478 e. The summed E-state index contributed by atoms with van der Waals surface area (Å²) < 4.78 is 38.0. The third-order valence-corrected chi connectivity index (χ3v) is 9.21. The van der Waals surface area contributed by atoms with E-state index in [2.05, 4.69) is 21.4 Å². The average Bonchev–Trinajstić information content (AvgIpc) is 3.34. The van der Waals surface area contributed by atoms with Gasteiger partial charge in [-0.2, -0.15) is 5.26 Å². The van der Waals surface area contributed by atoms with E-state index < -0.39 is 35.1 Å². The van der Waals surface area contributed by atoms with Crippen molar-refractivity contribution >= 4 is 34.4 Å². The number of alkyl halides is 2. The molecule has 1 saturated heterocycles. The van der Waals surface area contributed by atoms with Crippen molar-refractivity contribution in [2.75, 3.05) is 38.2 Å². The Kier molecular flexibility index (Phi) is 8.85. The number of aromatic nitrogens is 3. The fraction of sp³-hybridized carbons (Fsp3) is 0.343. The number of pyridine rings is 1. The molecule has 2 aliphatic rings. The maximum absolute atomic E-state index is 15.6. The van der Waals surface area contributed by atoms with Gasteiger partial charge < -0.3 is 19.5 Å². The van der Waals surface area contributed by atoms with E-state index in [1.165, 1.54) is 24.7 Å². The summed E-state index contributed by atoms with van der Waals surface area (Å²) >= 11 is 0. The van der Waals surface area contributed by atoms with Gasteiger partial charge in [-0.1, -0.05) is 25.1 Å². The van der Waals surface area contributed by atoms with Gasteiger partial charge in [0.05, 0.1) is 22.8 Å². The first-order chi connectivity index (χ1) is 23.4. The zero-order chi connectivity index (χ0) is 35.0. The van der Waals surface area contributed by atoms with Crippen molar-refractivity contribution in [3.8, 4) is 11.8 Å². The minimum Gasteiger partial charge on any atom is -0.478 e. The lowest BCUT2D eigenvalue weighted by atomic mass is 9.83. The summed E-state index contributed by atoms with van der Waals surface area (Å²) in [5.41, 5.74) is 1.67. The van der Waals surface area contributed by atoms with Crippen molar-refractivity contribution in [1.29, 1.82) is 5.26 Å². The second-order valence-corrected chi connectivity index (χ2v) is 12.3. The molecule has 2 aliphatic heterocycles. The number of nitriles is 1. The number of anilines is 1. The Balaban J connectivity index is 1.23. The number of imide groups is 1. The first kappa shape index (κ1) is 33.2. The lowest BCUT2D eigenvalue weighted by Crippen LogP contribution is -2.54. The number of piperidine rings is 1. The van der Waals surface area contributed by atoms with E-state index in [0.717, 1.165) is 10.5 Å². The van der Waals surface area contributed by atoms with Crippen LogP contribution in [0.25, 0.3) is 10.9 Å². The van der Waals surface area contributed by atoms with E-state index in [1.54, 1.807) is 48.3 Å². The van der Waals surface area contributed by atoms with Gasteiger partial charge >= 0.3 is 0 Å². The highest BCUT2D eigenvalue weighted by Gasteiger charge is 2.50. The maximum Gasteiger partial charge on any atom is 0.293 e. The van der Waals surface area contributed by atoms with Gasteiger partial charge in [-0.05, 0) is 42.3 Å². The van der Waals surface area contributed by atoms with Gasteiger partial charge in [0.1, 0.15) is 23.3 Å². The molecule has 0 bridgehead atoms. The van der Waals surface area contributed by atoms with Crippen molar-refractivity contribution in [3.05, 3.63) is 93.2 Å². The van der Waals surface area contributed by atoms with Crippen LogP contribution in [0.15, 0.2) is 59.5 Å². The fourth-order valence-corrected chi connectivity index (χ4v) is 6.43. The standard InChI is InChI=1S/C35H33F2N7O5/c1-20-17-43(18-24(35(20,36)37)10-11-44-32(46)25-6-4-5-7-26(25)33(44)47)31-23(15-38)16-40-29(41-31)13-21-8-9-27-22(12-21)14-28(34(48)42(27)3)49-19-30(45)39-2/h4-9,12,14,16,20,24H,10-11,13,17-19H2,1-3H3,(H,39,45). The highest BCUT2D eigenvalue weighted by molar-refractivity contribution is 6.21. The van der Waals surface area contributed by atoms with Crippen LogP contribution in [0.2, 0.25) is 0 Å². The quantitative estimate of drug-likeness (QED) is 0.265. The minimum absolute atomic E-state index is 0.0150. The van der Waals surface area contributed by atoms with Gasteiger partial charge in [-0.25, -0.2) is 18.7 Å². The molecular formula is C35H33F2N7O5. The Morgan fingerprint density at radius 3 is 2.49 bits per heavy atom. The normalized spacial score (nSPS) is 18.4. The summed E-state index contributed by atoms with van der Waals surface area (Å²) in [5.74, 6) is -6.21. The highest BCUT2D eigenvalue weighted by atomic mass is 19.3. The first-order valence-corrected chi connectivity index (χ1v) is 15.7. The van der Waals surface area contributed by atoms with Crippen LogP contribution in [0, 0.1) is 23.2 Å². The van der Waals surface area contributed by atoms with Crippen LogP contribution >= 0.6 is 0 Å². The number of hydrogen-bond donors (Lipinski definition) is 1. The lowest BCUT2D eigenvalue weighted by Gasteiger charge is -2.43. The molecule has 2 atom stereocenters. The molecule has 2 aromatic carbocycles. The van der Waals surface area contributed by atoms with E-state index >= 15 is 8.78 Å². The van der Waals surface area contributed by atoms with Crippen LogP contribution in [-0.4, -0.2) is 76.4 Å². The number of halogens is 2. The number of aryl methyl sites for hydroxylation is 1. The molecule has 4 aromatic rings. The van der Waals surface area contributed by atoms with E-state index in [4.69, 9.17) is 4.74 Å². The molecule has 1 fully saturated rings. The van der Waals surface area contributed by atoms with Crippen molar-refractivity contribution in [2.45, 2.75) is 25.7 Å². The van der Waals surface area contributed by atoms with E-state index in [-0.39, 0.29) is 73.2 Å². The van der Waals surface area contributed by atoms with E-state index in [9.17, 15) is 24.4 Å². The SMILES string of the molecule is CNC(=O)COc1cc2cc(Cc3ncc(C#N)c(N4CC(C)C(F)(F)C(CCN5C(=O)c6ccccc6C5=O)C4)n3)ccc2n(C)c1=O. The van der Waals surface area contributed by atoms with Crippen LogP contribution < -0.4 is 20.5 Å². The summed E-state index contributed by atoms with van der Waals surface area (Å²) in [4.78, 5) is 61.9. The van der Waals surface area contributed by atoms with Gasteiger partial charge in [-0.15, -0.1) is 0 Å². The predicted octanol–water partition coefficient (Wildman–Crippen LogP) is 3.31. The van der Waals surface area contributed by atoms with Crippen LogP contribution in [0.4, 0.5) is 14.6 Å². The number of amides is 3. The fourth-order valence-electron chi connectivity index (χ4n) is 6.43. The maximum atomic E-state index is 15.6. The molecule has 49 heavy (non-hydrogen) atoms. The molecule has 2 unspecified atom stereocenters. The summed E-state index contributed by atoms with van der Waals surface area (Å²) in [5, 5.41) is 13.0. The number of likely N-dealkylation sites (N-methyl/N-ethyl adjacent to an activating group) is 1. The molecule has 0 saturated carbocycles. The van der Waals surface area contributed by atoms with Crippen molar-refractivity contribution in [2.24, 2.45) is 18.9 Å². The zero-order valence-corrected chi connectivity index (χ0v) is 27.1. The van der Waals surface area contributed by atoms with Gasteiger partial charge in [-0.3, -0.25) is 24.1 Å². The van der Waals surface area contributed by atoms with Gasteiger partial charge in [0.2, 0.25) is 0 Å². The van der Waals surface area contributed by atoms with Gasteiger partial charge in [0.25, 0.3) is 29.2 Å². The van der Waals surface area contributed by atoms with Crippen molar-refractivity contribution in [3.63, 3.8) is 0 Å². The topological polar surface area (TPSA) is 151 Å². The first-order valence-electron chi connectivity index (χ1n) is 15.7. The zero-order valence-electron chi connectivity index (χ0n) is 27.1. The second-order valence-electron chi connectivity index (χ2n) is 12.3. The second kappa shape index (κ2) is 13.1. The molecule has 2 aromatic heterocycles. The Hall–Kier alpha value is -5.71. The Morgan fingerprint density at radius 1 is 1.10 bits per heavy atom.